The minimum Gasteiger partial charge on any atom is -0.326 e. The second kappa shape index (κ2) is 8.92. The van der Waals surface area contributed by atoms with Crippen molar-refractivity contribution in [3.05, 3.63) is 71.2 Å². The zero-order valence-electron chi connectivity index (χ0n) is 15.1. The molecule has 3 N–H and O–H groups in total. The smallest absolute Gasteiger partial charge is 0.259 e. The number of nitrogens with zero attached hydrogens (tertiary/aromatic N) is 1. The van der Waals surface area contributed by atoms with Crippen molar-refractivity contribution in [2.45, 2.75) is 13.3 Å². The summed E-state index contributed by atoms with van der Waals surface area (Å²) in [7, 11) is 0. The molecule has 0 aliphatic rings. The minimum absolute atomic E-state index is 0.0997. The van der Waals surface area contributed by atoms with Crippen LogP contribution in [0.1, 0.15) is 34.1 Å². The van der Waals surface area contributed by atoms with Crippen molar-refractivity contribution in [2.24, 2.45) is 0 Å². The molecule has 3 aromatic rings. The van der Waals surface area contributed by atoms with E-state index >= 15 is 0 Å². The molecule has 0 radical (unpaired) electrons. The lowest BCUT2D eigenvalue weighted by molar-refractivity contribution is -0.115. The summed E-state index contributed by atoms with van der Waals surface area (Å²) in [4.78, 5) is 40.5. The number of nitrogens with one attached hydrogen (secondary N) is 3. The van der Waals surface area contributed by atoms with E-state index in [1.165, 1.54) is 11.3 Å². The molecule has 2 aromatic carbocycles. The van der Waals surface area contributed by atoms with E-state index in [4.69, 9.17) is 0 Å². The minimum atomic E-state index is -0.358. The molecule has 0 bridgehead atoms. The zero-order valence-corrected chi connectivity index (χ0v) is 15.9. The van der Waals surface area contributed by atoms with E-state index in [1.54, 1.807) is 67.0 Å². The maximum absolute atomic E-state index is 12.6. The third-order valence-electron chi connectivity index (χ3n) is 3.82. The molecule has 0 atom stereocenters. The second-order valence-corrected chi connectivity index (χ2v) is 6.66. The number of hydrogen-bond donors (Lipinski definition) is 3. The summed E-state index contributed by atoms with van der Waals surface area (Å²) in [5.74, 6) is -0.816. The fraction of sp³-hybridized carbons (Fsp3) is 0.100. The van der Waals surface area contributed by atoms with E-state index in [9.17, 15) is 14.4 Å². The van der Waals surface area contributed by atoms with Gasteiger partial charge in [0, 0.05) is 29.2 Å². The molecule has 0 fully saturated rings. The van der Waals surface area contributed by atoms with Gasteiger partial charge in [-0.2, -0.15) is 0 Å². The summed E-state index contributed by atoms with van der Waals surface area (Å²) in [6.45, 7) is 1.76. The van der Waals surface area contributed by atoms with Gasteiger partial charge < -0.3 is 10.6 Å². The zero-order chi connectivity index (χ0) is 19.9. The molecule has 0 spiro atoms. The summed E-state index contributed by atoms with van der Waals surface area (Å²) in [6, 6.07) is 13.3. The molecule has 28 heavy (non-hydrogen) atoms. The van der Waals surface area contributed by atoms with Gasteiger partial charge in [0.1, 0.15) is 0 Å². The summed E-state index contributed by atoms with van der Waals surface area (Å²) < 4.78 is 0. The molecule has 8 heteroatoms. The van der Waals surface area contributed by atoms with Crippen LogP contribution in [0, 0.1) is 0 Å². The Morgan fingerprint density at radius 2 is 1.68 bits per heavy atom. The van der Waals surface area contributed by atoms with Crippen LogP contribution in [0.5, 0.6) is 0 Å². The average Bonchev–Trinajstić information content (AvgIpc) is 3.21. The Morgan fingerprint density at radius 1 is 0.929 bits per heavy atom. The highest BCUT2D eigenvalue weighted by atomic mass is 32.1. The Balaban J connectivity index is 1.72. The van der Waals surface area contributed by atoms with Crippen LogP contribution < -0.4 is 16.0 Å². The Kier molecular flexibility index (Phi) is 6.13. The summed E-state index contributed by atoms with van der Waals surface area (Å²) >= 11 is 1.31. The van der Waals surface area contributed by atoms with Crippen molar-refractivity contribution in [1.82, 2.24) is 4.98 Å². The summed E-state index contributed by atoms with van der Waals surface area (Å²) in [5, 5.41) is 10.4. The SMILES string of the molecule is CCC(=O)Nc1ccc(C(=O)Nc2ccccc2C(=O)Nc2nccs2)cc1. The largest absolute Gasteiger partial charge is 0.326 e. The first kappa shape index (κ1) is 19.2. The molecule has 1 aromatic heterocycles. The molecule has 1 heterocycles. The quantitative estimate of drug-likeness (QED) is 0.588. The average molecular weight is 394 g/mol. The van der Waals surface area contributed by atoms with Gasteiger partial charge in [-0.25, -0.2) is 4.98 Å². The van der Waals surface area contributed by atoms with Crippen molar-refractivity contribution in [1.29, 1.82) is 0 Å². The Hall–Kier alpha value is -3.52. The number of anilines is 3. The number of thiazole rings is 1. The Morgan fingerprint density at radius 3 is 2.36 bits per heavy atom. The normalized spacial score (nSPS) is 10.2. The van der Waals surface area contributed by atoms with Crippen molar-refractivity contribution in [2.75, 3.05) is 16.0 Å². The molecule has 0 saturated heterocycles. The first-order chi connectivity index (χ1) is 13.6. The van der Waals surface area contributed by atoms with Gasteiger partial charge in [-0.05, 0) is 36.4 Å². The number of carbonyl (C=O) groups is 3. The number of amides is 3. The van der Waals surface area contributed by atoms with Gasteiger partial charge in [0.25, 0.3) is 11.8 Å². The fourth-order valence-corrected chi connectivity index (χ4v) is 2.91. The lowest BCUT2D eigenvalue weighted by Crippen LogP contribution is -2.18. The lowest BCUT2D eigenvalue weighted by atomic mass is 10.1. The monoisotopic (exact) mass is 394 g/mol. The first-order valence-electron chi connectivity index (χ1n) is 8.58. The number of para-hydroxylation sites is 1. The van der Waals surface area contributed by atoms with E-state index < -0.39 is 0 Å². The number of rotatable bonds is 6. The van der Waals surface area contributed by atoms with E-state index in [2.05, 4.69) is 20.9 Å². The van der Waals surface area contributed by atoms with Crippen LogP contribution in [0.3, 0.4) is 0 Å². The predicted molar refractivity (Wildman–Crippen MR) is 110 cm³/mol. The molecule has 0 aliphatic carbocycles. The van der Waals surface area contributed by atoms with E-state index in [-0.39, 0.29) is 17.7 Å². The number of aromatic nitrogens is 1. The van der Waals surface area contributed by atoms with Gasteiger partial charge in [-0.3, -0.25) is 19.7 Å². The maximum atomic E-state index is 12.6. The van der Waals surface area contributed by atoms with Crippen LogP contribution in [0.25, 0.3) is 0 Å². The summed E-state index contributed by atoms with van der Waals surface area (Å²) in [5.41, 5.74) is 1.75. The highest BCUT2D eigenvalue weighted by Crippen LogP contribution is 2.20. The Bertz CT molecular complexity index is 985. The fourth-order valence-electron chi connectivity index (χ4n) is 2.39. The van der Waals surface area contributed by atoms with Gasteiger partial charge in [-0.15, -0.1) is 11.3 Å². The predicted octanol–water partition coefficient (Wildman–Crippen LogP) is 4.00. The number of benzene rings is 2. The van der Waals surface area contributed by atoms with Crippen molar-refractivity contribution in [3.63, 3.8) is 0 Å². The molecule has 7 nitrogen and oxygen atoms in total. The molecule has 0 aliphatic heterocycles. The molecule has 0 unspecified atom stereocenters. The number of carbonyl (C=O) groups excluding carboxylic acids is 3. The highest BCUT2D eigenvalue weighted by molar-refractivity contribution is 7.13. The molecular formula is C20H18N4O3S. The highest BCUT2D eigenvalue weighted by Gasteiger charge is 2.15. The van der Waals surface area contributed by atoms with Crippen molar-refractivity contribution in [3.8, 4) is 0 Å². The van der Waals surface area contributed by atoms with Crippen LogP contribution in [-0.4, -0.2) is 22.7 Å². The van der Waals surface area contributed by atoms with Crippen LogP contribution in [0.2, 0.25) is 0 Å². The summed E-state index contributed by atoms with van der Waals surface area (Å²) in [6.07, 6.45) is 1.97. The van der Waals surface area contributed by atoms with Gasteiger partial charge in [0.05, 0.1) is 11.3 Å². The number of hydrogen-bond acceptors (Lipinski definition) is 5. The van der Waals surface area contributed by atoms with E-state index in [1.807, 2.05) is 0 Å². The van der Waals surface area contributed by atoms with Crippen molar-refractivity contribution >= 4 is 45.6 Å². The molecule has 0 saturated carbocycles. The molecule has 3 rings (SSSR count). The second-order valence-electron chi connectivity index (χ2n) is 5.77. The van der Waals surface area contributed by atoms with E-state index in [0.717, 1.165) is 0 Å². The third kappa shape index (κ3) is 4.80. The van der Waals surface area contributed by atoms with Crippen LogP contribution in [-0.2, 0) is 4.79 Å². The molecule has 3 amide bonds. The maximum Gasteiger partial charge on any atom is 0.259 e. The van der Waals surface area contributed by atoms with Crippen LogP contribution >= 0.6 is 11.3 Å². The van der Waals surface area contributed by atoms with Gasteiger partial charge in [0.15, 0.2) is 5.13 Å². The first-order valence-corrected chi connectivity index (χ1v) is 9.46. The molecule has 142 valence electrons. The van der Waals surface area contributed by atoms with Crippen LogP contribution in [0.4, 0.5) is 16.5 Å². The molecular weight excluding hydrogens is 376 g/mol. The van der Waals surface area contributed by atoms with E-state index in [0.29, 0.717) is 34.1 Å². The van der Waals surface area contributed by atoms with Crippen LogP contribution in [0.15, 0.2) is 60.1 Å². The topological polar surface area (TPSA) is 100 Å². The van der Waals surface area contributed by atoms with Gasteiger partial charge in [0.2, 0.25) is 5.91 Å². The third-order valence-corrected chi connectivity index (χ3v) is 4.51. The van der Waals surface area contributed by atoms with Gasteiger partial charge >= 0.3 is 0 Å². The lowest BCUT2D eigenvalue weighted by Gasteiger charge is -2.11. The standard InChI is InChI=1S/C20H18N4O3S/c1-2-17(25)22-14-9-7-13(8-10-14)18(26)23-16-6-4-3-5-15(16)19(27)24-20-21-11-12-28-20/h3-12H,2H2,1H3,(H,22,25)(H,23,26)(H,21,24,27). The Labute approximate surface area is 165 Å². The van der Waals surface area contributed by atoms with Gasteiger partial charge in [-0.1, -0.05) is 19.1 Å². The van der Waals surface area contributed by atoms with Crippen molar-refractivity contribution < 1.29 is 14.4 Å².